The highest BCUT2D eigenvalue weighted by atomic mass is 16.5. The van der Waals surface area contributed by atoms with Crippen molar-refractivity contribution in [1.29, 1.82) is 0 Å². The molecule has 0 radical (unpaired) electrons. The quantitative estimate of drug-likeness (QED) is 0.754. The molecular weight excluding hydrogens is 226 g/mol. The van der Waals surface area contributed by atoms with Crippen molar-refractivity contribution >= 4 is 5.78 Å². The second-order valence-corrected chi connectivity index (χ2v) is 4.98. The van der Waals surface area contributed by atoms with E-state index in [-0.39, 0.29) is 5.78 Å². The van der Waals surface area contributed by atoms with Crippen molar-refractivity contribution in [3.05, 3.63) is 29.8 Å². The van der Waals surface area contributed by atoms with E-state index >= 15 is 0 Å². The maximum absolute atomic E-state index is 12.0. The highest BCUT2D eigenvalue weighted by Gasteiger charge is 2.23. The Morgan fingerprint density at radius 3 is 2.56 bits per heavy atom. The maximum atomic E-state index is 12.0. The number of ether oxygens (including phenoxy) is 1. The van der Waals surface area contributed by atoms with Crippen LogP contribution in [0, 0.1) is 5.92 Å². The Morgan fingerprint density at radius 2 is 2.06 bits per heavy atom. The molecule has 3 heteroatoms. The number of nitrogens with two attached hydrogens (primary N) is 1. The Labute approximate surface area is 108 Å². The van der Waals surface area contributed by atoms with E-state index in [0.717, 1.165) is 30.6 Å². The molecule has 2 N–H and O–H groups in total. The SMILES string of the molecule is CCC(CN)CC(=O)c1ccc(OC2CC2)cc1. The van der Waals surface area contributed by atoms with Crippen molar-refractivity contribution in [2.45, 2.75) is 38.7 Å². The van der Waals surface area contributed by atoms with Gasteiger partial charge in [0.25, 0.3) is 0 Å². The van der Waals surface area contributed by atoms with E-state index in [4.69, 9.17) is 10.5 Å². The van der Waals surface area contributed by atoms with Gasteiger partial charge < -0.3 is 10.5 Å². The summed E-state index contributed by atoms with van der Waals surface area (Å²) in [7, 11) is 0. The van der Waals surface area contributed by atoms with E-state index in [2.05, 4.69) is 6.92 Å². The molecule has 0 spiro atoms. The summed E-state index contributed by atoms with van der Waals surface area (Å²) in [6.07, 6.45) is 4.18. The van der Waals surface area contributed by atoms with Crippen LogP contribution < -0.4 is 10.5 Å². The first-order valence-corrected chi connectivity index (χ1v) is 6.73. The Balaban J connectivity index is 1.92. The number of carbonyl (C=O) groups is 1. The van der Waals surface area contributed by atoms with Gasteiger partial charge >= 0.3 is 0 Å². The Kier molecular flexibility index (Phi) is 4.37. The second-order valence-electron chi connectivity index (χ2n) is 4.98. The largest absolute Gasteiger partial charge is 0.490 e. The van der Waals surface area contributed by atoms with Crippen LogP contribution in [0.25, 0.3) is 0 Å². The van der Waals surface area contributed by atoms with Crippen molar-refractivity contribution in [1.82, 2.24) is 0 Å². The van der Waals surface area contributed by atoms with Crippen LogP contribution in [0.5, 0.6) is 5.75 Å². The highest BCUT2D eigenvalue weighted by molar-refractivity contribution is 5.96. The van der Waals surface area contributed by atoms with Gasteiger partial charge in [-0.1, -0.05) is 13.3 Å². The van der Waals surface area contributed by atoms with Crippen LogP contribution in [0.4, 0.5) is 0 Å². The number of hydrogen-bond acceptors (Lipinski definition) is 3. The third-order valence-corrected chi connectivity index (χ3v) is 3.39. The lowest BCUT2D eigenvalue weighted by atomic mass is 9.96. The predicted octanol–water partition coefficient (Wildman–Crippen LogP) is 2.79. The molecule has 0 amide bonds. The van der Waals surface area contributed by atoms with Gasteiger partial charge in [-0.05, 0) is 49.6 Å². The van der Waals surface area contributed by atoms with Crippen molar-refractivity contribution < 1.29 is 9.53 Å². The molecule has 1 atom stereocenters. The number of ketones is 1. The lowest BCUT2D eigenvalue weighted by molar-refractivity contribution is 0.0961. The smallest absolute Gasteiger partial charge is 0.163 e. The topological polar surface area (TPSA) is 52.3 Å². The van der Waals surface area contributed by atoms with Gasteiger partial charge in [-0.15, -0.1) is 0 Å². The molecule has 1 aliphatic rings. The molecule has 0 saturated heterocycles. The fraction of sp³-hybridized carbons (Fsp3) is 0.533. The summed E-state index contributed by atoms with van der Waals surface area (Å²) >= 11 is 0. The van der Waals surface area contributed by atoms with Gasteiger partial charge in [-0.3, -0.25) is 4.79 Å². The minimum absolute atomic E-state index is 0.172. The van der Waals surface area contributed by atoms with E-state index < -0.39 is 0 Å². The van der Waals surface area contributed by atoms with Crippen LogP contribution in [0.3, 0.4) is 0 Å². The van der Waals surface area contributed by atoms with Gasteiger partial charge in [-0.25, -0.2) is 0 Å². The fourth-order valence-electron chi connectivity index (χ4n) is 1.87. The molecule has 0 aliphatic heterocycles. The van der Waals surface area contributed by atoms with Gasteiger partial charge in [-0.2, -0.15) is 0 Å². The van der Waals surface area contributed by atoms with E-state index in [1.807, 2.05) is 24.3 Å². The minimum atomic E-state index is 0.172. The molecule has 1 aliphatic carbocycles. The standard InChI is InChI=1S/C15H21NO2/c1-2-11(10-16)9-15(17)12-3-5-13(6-4-12)18-14-7-8-14/h3-6,11,14H,2,7-10,16H2,1H3. The lowest BCUT2D eigenvalue weighted by Crippen LogP contribution is -2.17. The molecule has 3 nitrogen and oxygen atoms in total. The molecule has 98 valence electrons. The van der Waals surface area contributed by atoms with Crippen molar-refractivity contribution in [2.24, 2.45) is 11.7 Å². The van der Waals surface area contributed by atoms with Crippen LogP contribution in [0.1, 0.15) is 43.0 Å². The lowest BCUT2D eigenvalue weighted by Gasteiger charge is -2.11. The minimum Gasteiger partial charge on any atom is -0.490 e. The monoisotopic (exact) mass is 247 g/mol. The molecule has 1 aromatic rings. The van der Waals surface area contributed by atoms with E-state index in [9.17, 15) is 4.79 Å². The zero-order valence-electron chi connectivity index (χ0n) is 10.9. The summed E-state index contributed by atoms with van der Waals surface area (Å²) < 4.78 is 5.65. The molecule has 1 fully saturated rings. The van der Waals surface area contributed by atoms with E-state index in [1.54, 1.807) is 0 Å². The number of rotatable bonds is 7. The molecule has 0 bridgehead atoms. The van der Waals surface area contributed by atoms with Gasteiger partial charge in [0, 0.05) is 12.0 Å². The van der Waals surface area contributed by atoms with Crippen molar-refractivity contribution in [3.63, 3.8) is 0 Å². The van der Waals surface area contributed by atoms with Crippen LogP contribution >= 0.6 is 0 Å². The average Bonchev–Trinajstić information content (AvgIpc) is 3.20. The normalized spacial score (nSPS) is 16.3. The Morgan fingerprint density at radius 1 is 1.39 bits per heavy atom. The first-order chi connectivity index (χ1) is 8.72. The van der Waals surface area contributed by atoms with E-state index in [1.165, 1.54) is 0 Å². The van der Waals surface area contributed by atoms with Crippen molar-refractivity contribution in [2.75, 3.05) is 6.54 Å². The molecule has 1 aromatic carbocycles. The van der Waals surface area contributed by atoms with Crippen LogP contribution in [-0.2, 0) is 0 Å². The number of benzene rings is 1. The summed E-state index contributed by atoms with van der Waals surface area (Å²) in [4.78, 5) is 12.0. The number of carbonyl (C=O) groups excluding carboxylic acids is 1. The molecule has 1 unspecified atom stereocenters. The fourth-order valence-corrected chi connectivity index (χ4v) is 1.87. The highest BCUT2D eigenvalue weighted by Crippen LogP contribution is 2.27. The van der Waals surface area contributed by atoms with Gasteiger partial charge in [0.15, 0.2) is 5.78 Å². The summed E-state index contributed by atoms with van der Waals surface area (Å²) in [5.74, 6) is 1.32. The summed E-state index contributed by atoms with van der Waals surface area (Å²) in [6, 6.07) is 7.47. The summed E-state index contributed by atoms with van der Waals surface area (Å²) in [5.41, 5.74) is 6.38. The molecule has 1 saturated carbocycles. The first-order valence-electron chi connectivity index (χ1n) is 6.73. The number of Topliss-reactive ketones (excluding diaryl/α,β-unsaturated/α-hetero) is 1. The van der Waals surface area contributed by atoms with Crippen LogP contribution in [0.15, 0.2) is 24.3 Å². The second kappa shape index (κ2) is 6.01. The third kappa shape index (κ3) is 3.57. The first kappa shape index (κ1) is 13.1. The summed E-state index contributed by atoms with van der Waals surface area (Å²) in [6.45, 7) is 2.64. The molecule has 0 aromatic heterocycles. The average molecular weight is 247 g/mol. The zero-order chi connectivity index (χ0) is 13.0. The van der Waals surface area contributed by atoms with Crippen LogP contribution in [0.2, 0.25) is 0 Å². The molecule has 18 heavy (non-hydrogen) atoms. The zero-order valence-corrected chi connectivity index (χ0v) is 10.9. The van der Waals surface area contributed by atoms with Crippen LogP contribution in [-0.4, -0.2) is 18.4 Å². The van der Waals surface area contributed by atoms with Crippen molar-refractivity contribution in [3.8, 4) is 5.75 Å². The maximum Gasteiger partial charge on any atom is 0.163 e. The predicted molar refractivity (Wildman–Crippen MR) is 71.9 cm³/mol. The molecule has 0 heterocycles. The van der Waals surface area contributed by atoms with E-state index in [0.29, 0.717) is 25.0 Å². The van der Waals surface area contributed by atoms with Gasteiger partial charge in [0.1, 0.15) is 5.75 Å². The Bertz CT molecular complexity index is 391. The molecule has 2 rings (SSSR count). The van der Waals surface area contributed by atoms with Gasteiger partial charge in [0.2, 0.25) is 0 Å². The Hall–Kier alpha value is -1.35. The third-order valence-electron chi connectivity index (χ3n) is 3.39. The van der Waals surface area contributed by atoms with Gasteiger partial charge in [0.05, 0.1) is 6.10 Å². The summed E-state index contributed by atoms with van der Waals surface area (Å²) in [5, 5.41) is 0. The molecular formula is C15H21NO2. The number of hydrogen-bond donors (Lipinski definition) is 1.